The number of rotatable bonds is 5. The minimum Gasteiger partial charge on any atom is -0.311 e. The van der Waals surface area contributed by atoms with Crippen LogP contribution < -0.4 is 5.32 Å². The molecule has 0 saturated carbocycles. The zero-order valence-corrected chi connectivity index (χ0v) is 10.9. The summed E-state index contributed by atoms with van der Waals surface area (Å²) in [4.78, 5) is 10.0. The molecule has 0 unspecified atom stereocenters. The first kappa shape index (κ1) is 13.5. The van der Waals surface area contributed by atoms with Gasteiger partial charge in [0.15, 0.2) is 0 Å². The van der Waals surface area contributed by atoms with Gasteiger partial charge in [0.05, 0.1) is 11.0 Å². The SMILES string of the molecule is CCNCc1nnc(-c2cc(F)cc([N+](=O)[O-])c2)s1. The van der Waals surface area contributed by atoms with Crippen molar-refractivity contribution in [2.75, 3.05) is 6.54 Å². The fourth-order valence-electron chi connectivity index (χ4n) is 1.48. The van der Waals surface area contributed by atoms with Gasteiger partial charge >= 0.3 is 0 Å². The summed E-state index contributed by atoms with van der Waals surface area (Å²) in [5.74, 6) is -0.660. The Bertz CT molecular complexity index is 602. The molecule has 0 bridgehead atoms. The second-order valence-corrected chi connectivity index (χ2v) is 4.80. The maximum Gasteiger partial charge on any atom is 0.273 e. The second kappa shape index (κ2) is 5.81. The van der Waals surface area contributed by atoms with E-state index in [0.29, 0.717) is 17.1 Å². The van der Waals surface area contributed by atoms with Gasteiger partial charge in [-0.3, -0.25) is 10.1 Å². The van der Waals surface area contributed by atoms with Crippen molar-refractivity contribution in [2.45, 2.75) is 13.5 Å². The highest BCUT2D eigenvalue weighted by Gasteiger charge is 2.14. The van der Waals surface area contributed by atoms with Crippen LogP contribution in [0.1, 0.15) is 11.9 Å². The lowest BCUT2D eigenvalue weighted by molar-refractivity contribution is -0.385. The molecule has 1 heterocycles. The van der Waals surface area contributed by atoms with Gasteiger partial charge in [-0.25, -0.2) is 4.39 Å². The van der Waals surface area contributed by atoms with Crippen molar-refractivity contribution < 1.29 is 9.31 Å². The summed E-state index contributed by atoms with van der Waals surface area (Å²) in [6, 6.07) is 3.38. The molecule has 0 radical (unpaired) electrons. The molecular weight excluding hydrogens is 271 g/mol. The Kier molecular flexibility index (Phi) is 4.13. The molecule has 0 fully saturated rings. The number of benzene rings is 1. The van der Waals surface area contributed by atoms with E-state index in [2.05, 4.69) is 15.5 Å². The molecule has 1 N–H and O–H groups in total. The van der Waals surface area contributed by atoms with Gasteiger partial charge < -0.3 is 5.32 Å². The molecule has 2 aromatic rings. The third-order valence-electron chi connectivity index (χ3n) is 2.33. The Labute approximate surface area is 112 Å². The van der Waals surface area contributed by atoms with Gasteiger partial charge in [-0.2, -0.15) is 0 Å². The Hall–Kier alpha value is -1.93. The lowest BCUT2D eigenvalue weighted by Gasteiger charge is -1.97. The van der Waals surface area contributed by atoms with E-state index in [1.165, 1.54) is 23.5 Å². The molecule has 0 atom stereocenters. The highest BCUT2D eigenvalue weighted by molar-refractivity contribution is 7.14. The zero-order valence-electron chi connectivity index (χ0n) is 10.1. The molecular formula is C11H11FN4O2S. The van der Waals surface area contributed by atoms with Crippen LogP contribution in [0.25, 0.3) is 10.6 Å². The van der Waals surface area contributed by atoms with Gasteiger partial charge in [0.2, 0.25) is 0 Å². The van der Waals surface area contributed by atoms with Gasteiger partial charge in [-0.1, -0.05) is 18.3 Å². The van der Waals surface area contributed by atoms with Crippen molar-refractivity contribution in [1.29, 1.82) is 0 Å². The number of hydrogen-bond donors (Lipinski definition) is 1. The lowest BCUT2D eigenvalue weighted by atomic mass is 10.2. The number of nitrogens with one attached hydrogen (secondary N) is 1. The zero-order chi connectivity index (χ0) is 13.8. The fourth-order valence-corrected chi connectivity index (χ4v) is 2.27. The van der Waals surface area contributed by atoms with Gasteiger partial charge in [-0.15, -0.1) is 10.2 Å². The van der Waals surface area contributed by atoms with E-state index in [0.717, 1.165) is 17.6 Å². The summed E-state index contributed by atoms with van der Waals surface area (Å²) >= 11 is 1.28. The first-order valence-corrected chi connectivity index (χ1v) is 6.40. The predicted molar refractivity (Wildman–Crippen MR) is 69.3 cm³/mol. The average Bonchev–Trinajstić information content (AvgIpc) is 2.84. The highest BCUT2D eigenvalue weighted by atomic mass is 32.1. The minimum atomic E-state index is -0.660. The average molecular weight is 282 g/mol. The number of non-ortho nitro benzene ring substituents is 1. The van der Waals surface area contributed by atoms with Crippen LogP contribution in [0.5, 0.6) is 0 Å². The Morgan fingerprint density at radius 3 is 2.89 bits per heavy atom. The molecule has 1 aromatic carbocycles. The molecule has 2 rings (SSSR count). The number of aromatic nitrogens is 2. The van der Waals surface area contributed by atoms with Crippen LogP contribution in [0.2, 0.25) is 0 Å². The van der Waals surface area contributed by atoms with E-state index < -0.39 is 10.7 Å². The van der Waals surface area contributed by atoms with Gasteiger partial charge in [0.1, 0.15) is 15.8 Å². The van der Waals surface area contributed by atoms with Crippen molar-refractivity contribution in [3.63, 3.8) is 0 Å². The van der Waals surface area contributed by atoms with Crippen molar-refractivity contribution in [2.24, 2.45) is 0 Å². The van der Waals surface area contributed by atoms with E-state index in [9.17, 15) is 14.5 Å². The summed E-state index contributed by atoms with van der Waals surface area (Å²) in [7, 11) is 0. The first-order chi connectivity index (χ1) is 9.10. The predicted octanol–water partition coefficient (Wildman–Crippen LogP) is 2.36. The van der Waals surface area contributed by atoms with E-state index in [1.807, 2.05) is 6.92 Å². The minimum absolute atomic E-state index is 0.293. The fraction of sp³-hybridized carbons (Fsp3) is 0.273. The lowest BCUT2D eigenvalue weighted by Crippen LogP contribution is -2.11. The largest absolute Gasteiger partial charge is 0.311 e. The molecule has 19 heavy (non-hydrogen) atoms. The van der Waals surface area contributed by atoms with Crippen LogP contribution in [-0.2, 0) is 6.54 Å². The number of nitro benzene ring substituents is 1. The van der Waals surface area contributed by atoms with Crippen LogP contribution in [-0.4, -0.2) is 21.7 Å². The summed E-state index contributed by atoms with van der Waals surface area (Å²) in [6.45, 7) is 3.35. The normalized spacial score (nSPS) is 10.6. The first-order valence-electron chi connectivity index (χ1n) is 5.58. The summed E-state index contributed by atoms with van der Waals surface area (Å²) in [6.07, 6.45) is 0. The third-order valence-corrected chi connectivity index (χ3v) is 3.31. The number of nitro groups is 1. The maximum absolute atomic E-state index is 13.3. The van der Waals surface area contributed by atoms with Crippen LogP contribution >= 0.6 is 11.3 Å². The maximum atomic E-state index is 13.3. The third kappa shape index (κ3) is 3.30. The van der Waals surface area contributed by atoms with Crippen molar-refractivity contribution >= 4 is 17.0 Å². The van der Waals surface area contributed by atoms with Gasteiger partial charge in [0, 0.05) is 18.2 Å². The van der Waals surface area contributed by atoms with E-state index >= 15 is 0 Å². The van der Waals surface area contributed by atoms with Gasteiger partial charge in [0.25, 0.3) is 5.69 Å². The quantitative estimate of drug-likeness (QED) is 0.672. The monoisotopic (exact) mass is 282 g/mol. The van der Waals surface area contributed by atoms with E-state index in [4.69, 9.17) is 0 Å². The molecule has 0 saturated heterocycles. The summed E-state index contributed by atoms with van der Waals surface area (Å²) < 4.78 is 13.3. The van der Waals surface area contributed by atoms with Crippen LogP contribution in [0.3, 0.4) is 0 Å². The van der Waals surface area contributed by atoms with Crippen LogP contribution in [0.4, 0.5) is 10.1 Å². The van der Waals surface area contributed by atoms with Crippen molar-refractivity contribution in [3.8, 4) is 10.6 Å². The standard InChI is InChI=1S/C11H11FN4O2S/c1-2-13-6-10-14-15-11(19-10)7-3-8(12)5-9(4-7)16(17)18/h3-5,13H,2,6H2,1H3. The molecule has 0 spiro atoms. The van der Waals surface area contributed by atoms with Crippen molar-refractivity contribution in [1.82, 2.24) is 15.5 Å². The molecule has 8 heteroatoms. The number of hydrogen-bond acceptors (Lipinski definition) is 6. The Morgan fingerprint density at radius 1 is 1.42 bits per heavy atom. The smallest absolute Gasteiger partial charge is 0.273 e. The Balaban J connectivity index is 2.30. The number of halogens is 1. The number of nitrogens with zero attached hydrogens (tertiary/aromatic N) is 3. The van der Waals surface area contributed by atoms with Gasteiger partial charge in [-0.05, 0) is 12.6 Å². The van der Waals surface area contributed by atoms with Crippen molar-refractivity contribution in [3.05, 3.63) is 39.1 Å². The Morgan fingerprint density at radius 2 is 2.21 bits per heavy atom. The van der Waals surface area contributed by atoms with E-state index in [-0.39, 0.29) is 5.69 Å². The second-order valence-electron chi connectivity index (χ2n) is 3.74. The van der Waals surface area contributed by atoms with Crippen LogP contribution in [0, 0.1) is 15.9 Å². The van der Waals surface area contributed by atoms with E-state index in [1.54, 1.807) is 0 Å². The molecule has 0 aliphatic carbocycles. The summed E-state index contributed by atoms with van der Waals surface area (Å²) in [5.41, 5.74) is 0.0744. The molecule has 6 nitrogen and oxygen atoms in total. The molecule has 1 aromatic heterocycles. The van der Waals surface area contributed by atoms with Crippen LogP contribution in [0.15, 0.2) is 18.2 Å². The topological polar surface area (TPSA) is 81.0 Å². The molecule has 0 aliphatic rings. The molecule has 100 valence electrons. The molecule has 0 amide bonds. The summed E-state index contributed by atoms with van der Waals surface area (Å²) in [5, 5.41) is 22.9. The highest BCUT2D eigenvalue weighted by Crippen LogP contribution is 2.27. The molecule has 0 aliphatic heterocycles.